The van der Waals surface area contributed by atoms with E-state index in [9.17, 15) is 9.59 Å². The molecule has 1 aliphatic carbocycles. The molecule has 0 spiro atoms. The molecule has 5 heteroatoms. The number of aromatic nitrogens is 2. The van der Waals surface area contributed by atoms with Crippen LogP contribution in [0.4, 0.5) is 0 Å². The van der Waals surface area contributed by atoms with E-state index < -0.39 is 0 Å². The Morgan fingerprint density at radius 3 is 2.52 bits per heavy atom. The number of fused-ring (bicyclic) bond motifs is 3. The Bertz CT molecular complexity index is 1100. The Kier molecular flexibility index (Phi) is 5.48. The van der Waals surface area contributed by atoms with Crippen molar-refractivity contribution in [2.75, 3.05) is 0 Å². The highest BCUT2D eigenvalue weighted by atomic mass is 16.2. The quantitative estimate of drug-likeness (QED) is 0.659. The SMILES string of the molecule is CC(C)Cn1cc(C(=O)NC2CCCCCC2)c2c3ccccc3n(C)c2c1=O. The number of nitrogens with one attached hydrogen (secondary N) is 1. The summed E-state index contributed by atoms with van der Waals surface area (Å²) in [5, 5.41) is 5.02. The Labute approximate surface area is 171 Å². The van der Waals surface area contributed by atoms with Crippen LogP contribution in [0.2, 0.25) is 0 Å². The number of hydrogen-bond acceptors (Lipinski definition) is 2. The molecule has 154 valence electrons. The number of amides is 1. The Hall–Kier alpha value is -2.56. The second-order valence-electron chi connectivity index (χ2n) is 8.86. The minimum Gasteiger partial charge on any atom is -0.349 e. The zero-order valence-corrected chi connectivity index (χ0v) is 17.7. The van der Waals surface area contributed by atoms with Gasteiger partial charge in [0.05, 0.1) is 5.56 Å². The number of pyridine rings is 1. The molecule has 0 radical (unpaired) electrons. The van der Waals surface area contributed by atoms with Crippen LogP contribution in [0.3, 0.4) is 0 Å². The highest BCUT2D eigenvalue weighted by Crippen LogP contribution is 2.29. The molecule has 1 fully saturated rings. The van der Waals surface area contributed by atoms with Crippen LogP contribution in [0.5, 0.6) is 0 Å². The molecule has 3 aromatic rings. The van der Waals surface area contributed by atoms with Gasteiger partial charge in [-0.1, -0.05) is 57.7 Å². The van der Waals surface area contributed by atoms with Crippen molar-refractivity contribution in [1.82, 2.24) is 14.5 Å². The fourth-order valence-corrected chi connectivity index (χ4v) is 4.72. The molecule has 1 N–H and O–H groups in total. The molecule has 0 unspecified atom stereocenters. The van der Waals surface area contributed by atoms with Gasteiger partial charge < -0.3 is 14.5 Å². The molecular formula is C24H31N3O2. The molecule has 0 bridgehead atoms. The molecule has 1 aromatic carbocycles. The van der Waals surface area contributed by atoms with Crippen molar-refractivity contribution in [2.24, 2.45) is 13.0 Å². The molecular weight excluding hydrogens is 362 g/mol. The Morgan fingerprint density at radius 2 is 1.83 bits per heavy atom. The van der Waals surface area contributed by atoms with Crippen LogP contribution in [0.25, 0.3) is 21.8 Å². The molecule has 1 aliphatic rings. The van der Waals surface area contributed by atoms with Crippen LogP contribution in [0, 0.1) is 5.92 Å². The van der Waals surface area contributed by atoms with Crippen molar-refractivity contribution >= 4 is 27.7 Å². The molecule has 1 amide bonds. The standard InChI is InChI=1S/C24H31N3O2/c1-16(2)14-27-15-19(23(28)25-17-10-6-4-5-7-11-17)21-18-12-8-9-13-20(18)26(3)22(21)24(27)29/h8-9,12-13,15-17H,4-7,10-11,14H2,1-3H3,(H,25,28). The minimum atomic E-state index is -0.0595. The molecule has 0 saturated heterocycles. The summed E-state index contributed by atoms with van der Waals surface area (Å²) in [4.78, 5) is 26.7. The van der Waals surface area contributed by atoms with Crippen LogP contribution < -0.4 is 10.9 Å². The van der Waals surface area contributed by atoms with E-state index in [4.69, 9.17) is 0 Å². The van der Waals surface area contributed by atoms with Crippen molar-refractivity contribution in [3.8, 4) is 0 Å². The van der Waals surface area contributed by atoms with Crippen LogP contribution >= 0.6 is 0 Å². The average Bonchev–Trinajstić information content (AvgIpc) is 2.84. The molecule has 2 heterocycles. The van der Waals surface area contributed by atoms with E-state index in [0.29, 0.717) is 23.5 Å². The van der Waals surface area contributed by atoms with Gasteiger partial charge in [-0.2, -0.15) is 0 Å². The highest BCUT2D eigenvalue weighted by Gasteiger charge is 2.23. The molecule has 29 heavy (non-hydrogen) atoms. The molecule has 4 rings (SSSR count). The van der Waals surface area contributed by atoms with Gasteiger partial charge in [0.15, 0.2) is 0 Å². The number of benzene rings is 1. The summed E-state index contributed by atoms with van der Waals surface area (Å²) in [6.45, 7) is 4.77. The second-order valence-corrected chi connectivity index (χ2v) is 8.86. The zero-order valence-electron chi connectivity index (χ0n) is 17.7. The van der Waals surface area contributed by atoms with Crippen molar-refractivity contribution in [2.45, 2.75) is 65.0 Å². The predicted octanol–water partition coefficient (Wildman–Crippen LogP) is 4.60. The van der Waals surface area contributed by atoms with E-state index in [0.717, 1.165) is 29.1 Å². The fraction of sp³-hybridized carbons (Fsp3) is 0.500. The third kappa shape index (κ3) is 3.70. The maximum atomic E-state index is 13.4. The zero-order chi connectivity index (χ0) is 20.5. The lowest BCUT2D eigenvalue weighted by molar-refractivity contribution is 0.0934. The lowest BCUT2D eigenvalue weighted by Crippen LogP contribution is -2.35. The summed E-state index contributed by atoms with van der Waals surface area (Å²) in [5.41, 5.74) is 2.17. The number of rotatable bonds is 4. The van der Waals surface area contributed by atoms with Gasteiger partial charge in [0.2, 0.25) is 0 Å². The normalized spacial score (nSPS) is 15.9. The fourth-order valence-electron chi connectivity index (χ4n) is 4.72. The molecule has 1 saturated carbocycles. The van der Waals surface area contributed by atoms with Crippen LogP contribution in [-0.2, 0) is 13.6 Å². The molecule has 0 atom stereocenters. The van der Waals surface area contributed by atoms with Crippen LogP contribution in [-0.4, -0.2) is 21.1 Å². The summed E-state index contributed by atoms with van der Waals surface area (Å²) in [5.74, 6) is 0.258. The largest absolute Gasteiger partial charge is 0.349 e. The minimum absolute atomic E-state index is 0.0292. The number of carbonyl (C=O) groups excluding carboxylic acids is 1. The number of nitrogens with zero attached hydrogens (tertiary/aromatic N) is 2. The van der Waals surface area contributed by atoms with Gasteiger partial charge in [0.25, 0.3) is 11.5 Å². The van der Waals surface area contributed by atoms with E-state index in [1.165, 1.54) is 25.7 Å². The monoisotopic (exact) mass is 393 g/mol. The summed E-state index contributed by atoms with van der Waals surface area (Å²) >= 11 is 0. The number of aryl methyl sites for hydroxylation is 1. The number of carbonyl (C=O) groups is 1. The maximum Gasteiger partial charge on any atom is 0.275 e. The molecule has 5 nitrogen and oxygen atoms in total. The van der Waals surface area contributed by atoms with E-state index in [2.05, 4.69) is 19.2 Å². The van der Waals surface area contributed by atoms with Gasteiger partial charge in [-0.3, -0.25) is 9.59 Å². The van der Waals surface area contributed by atoms with Crippen molar-refractivity contribution in [1.29, 1.82) is 0 Å². The van der Waals surface area contributed by atoms with Gasteiger partial charge in [-0.15, -0.1) is 0 Å². The summed E-state index contributed by atoms with van der Waals surface area (Å²) in [7, 11) is 1.92. The summed E-state index contributed by atoms with van der Waals surface area (Å²) < 4.78 is 3.65. The molecule has 2 aromatic heterocycles. The second kappa shape index (κ2) is 8.05. The van der Waals surface area contributed by atoms with Gasteiger partial charge in [-0.25, -0.2) is 0 Å². The predicted molar refractivity (Wildman–Crippen MR) is 118 cm³/mol. The average molecular weight is 394 g/mol. The third-order valence-corrected chi connectivity index (χ3v) is 6.12. The van der Waals surface area contributed by atoms with Gasteiger partial charge >= 0.3 is 0 Å². The third-order valence-electron chi connectivity index (χ3n) is 6.12. The van der Waals surface area contributed by atoms with Crippen molar-refractivity contribution in [3.63, 3.8) is 0 Å². The van der Waals surface area contributed by atoms with Crippen molar-refractivity contribution < 1.29 is 4.79 Å². The topological polar surface area (TPSA) is 56.0 Å². The summed E-state index contributed by atoms with van der Waals surface area (Å²) in [6.07, 6.45) is 8.69. The summed E-state index contributed by atoms with van der Waals surface area (Å²) in [6, 6.07) is 8.18. The van der Waals surface area contributed by atoms with Gasteiger partial charge in [-0.05, 0) is 24.8 Å². The first-order valence-corrected chi connectivity index (χ1v) is 10.9. The first-order valence-electron chi connectivity index (χ1n) is 10.9. The first-order chi connectivity index (χ1) is 14.0. The van der Waals surface area contributed by atoms with E-state index >= 15 is 0 Å². The number of para-hydroxylation sites is 1. The van der Waals surface area contributed by atoms with Crippen molar-refractivity contribution in [3.05, 3.63) is 46.4 Å². The van der Waals surface area contributed by atoms with Gasteiger partial charge in [0, 0.05) is 42.1 Å². The highest BCUT2D eigenvalue weighted by molar-refractivity contribution is 6.17. The lowest BCUT2D eigenvalue weighted by atomic mass is 10.1. The maximum absolute atomic E-state index is 13.4. The Balaban J connectivity index is 1.89. The number of hydrogen-bond donors (Lipinski definition) is 1. The lowest BCUT2D eigenvalue weighted by Gasteiger charge is -2.18. The Morgan fingerprint density at radius 1 is 1.14 bits per heavy atom. The van der Waals surface area contributed by atoms with Gasteiger partial charge in [0.1, 0.15) is 5.52 Å². The van der Waals surface area contributed by atoms with E-state index in [-0.39, 0.29) is 17.5 Å². The molecule has 0 aliphatic heterocycles. The smallest absolute Gasteiger partial charge is 0.275 e. The van der Waals surface area contributed by atoms with Crippen LogP contribution in [0.1, 0.15) is 62.7 Å². The van der Waals surface area contributed by atoms with E-state index in [1.807, 2.05) is 35.9 Å². The van der Waals surface area contributed by atoms with E-state index in [1.54, 1.807) is 10.8 Å². The van der Waals surface area contributed by atoms with Crippen LogP contribution in [0.15, 0.2) is 35.3 Å². The first kappa shape index (κ1) is 19.7.